The van der Waals surface area contributed by atoms with Gasteiger partial charge in [0.15, 0.2) is 0 Å². The Kier molecular flexibility index (Phi) is 4.47. The highest BCUT2D eigenvalue weighted by Crippen LogP contribution is 2.42. The molecule has 17 heavy (non-hydrogen) atoms. The first-order valence-electron chi connectivity index (χ1n) is 6.54. The van der Waals surface area contributed by atoms with Gasteiger partial charge in [0.25, 0.3) is 14.3 Å². The third kappa shape index (κ3) is 2.76. The number of aryl methyl sites for hydroxylation is 1. The van der Waals surface area contributed by atoms with Crippen molar-refractivity contribution in [3.63, 3.8) is 0 Å². The maximum Gasteiger partial charge on any atom is 0.270 e. The summed E-state index contributed by atoms with van der Waals surface area (Å²) in [6, 6.07) is 1.99. The van der Waals surface area contributed by atoms with Crippen molar-refractivity contribution < 1.29 is 8.84 Å². The Morgan fingerprint density at radius 1 is 1.00 bits per heavy atom. The highest BCUT2D eigenvalue weighted by Gasteiger charge is 2.47. The van der Waals surface area contributed by atoms with Crippen LogP contribution in [-0.4, -0.2) is 8.32 Å². The lowest BCUT2D eigenvalue weighted by Gasteiger charge is -2.41. The van der Waals surface area contributed by atoms with Gasteiger partial charge in [-0.1, -0.05) is 41.5 Å². The van der Waals surface area contributed by atoms with E-state index in [-0.39, 0.29) is 0 Å². The lowest BCUT2D eigenvalue weighted by Crippen LogP contribution is -2.50. The predicted molar refractivity (Wildman–Crippen MR) is 75.1 cm³/mol. The molecule has 0 amide bonds. The van der Waals surface area contributed by atoms with Crippen LogP contribution in [0, 0.1) is 6.92 Å². The lowest BCUT2D eigenvalue weighted by atomic mass is 10.4. The van der Waals surface area contributed by atoms with Gasteiger partial charge < -0.3 is 8.84 Å². The van der Waals surface area contributed by atoms with Gasteiger partial charge in [0.2, 0.25) is 0 Å². The summed E-state index contributed by atoms with van der Waals surface area (Å²) in [6.07, 6.45) is 1.76. The van der Waals surface area contributed by atoms with E-state index < -0.39 is 8.32 Å². The van der Waals surface area contributed by atoms with E-state index in [1.54, 1.807) is 6.26 Å². The van der Waals surface area contributed by atoms with Crippen LogP contribution < -0.4 is 4.43 Å². The Morgan fingerprint density at radius 2 is 1.47 bits per heavy atom. The normalized spacial score (nSPS) is 12.8. The minimum Gasteiger partial charge on any atom is -0.518 e. The Hall–Kier alpha value is -0.703. The first-order chi connectivity index (χ1) is 7.80. The molecule has 0 aliphatic carbocycles. The molecule has 0 aliphatic heterocycles. The van der Waals surface area contributed by atoms with Crippen molar-refractivity contribution in [1.29, 1.82) is 0 Å². The molecule has 0 saturated carbocycles. The first kappa shape index (κ1) is 14.4. The van der Waals surface area contributed by atoms with Crippen molar-refractivity contribution in [2.75, 3.05) is 0 Å². The van der Waals surface area contributed by atoms with Crippen molar-refractivity contribution in [2.24, 2.45) is 0 Å². The second kappa shape index (κ2) is 5.30. The zero-order chi connectivity index (χ0) is 13.2. The van der Waals surface area contributed by atoms with Crippen molar-refractivity contribution in [3.8, 4) is 5.95 Å². The van der Waals surface area contributed by atoms with Crippen LogP contribution in [-0.2, 0) is 0 Å². The molecule has 0 spiro atoms. The van der Waals surface area contributed by atoms with Crippen LogP contribution >= 0.6 is 0 Å². The van der Waals surface area contributed by atoms with Crippen molar-refractivity contribution >= 4 is 8.32 Å². The summed E-state index contributed by atoms with van der Waals surface area (Å²) < 4.78 is 11.9. The maximum absolute atomic E-state index is 6.38. The van der Waals surface area contributed by atoms with E-state index in [4.69, 9.17) is 8.84 Å². The summed E-state index contributed by atoms with van der Waals surface area (Å²) in [5, 5.41) is 0. The molecule has 1 aromatic heterocycles. The Labute approximate surface area is 106 Å². The largest absolute Gasteiger partial charge is 0.518 e. The van der Waals surface area contributed by atoms with Crippen molar-refractivity contribution in [3.05, 3.63) is 17.9 Å². The van der Waals surface area contributed by atoms with E-state index in [0.29, 0.717) is 22.6 Å². The Morgan fingerprint density at radius 3 is 1.76 bits per heavy atom. The van der Waals surface area contributed by atoms with Gasteiger partial charge in [-0.3, -0.25) is 0 Å². The molecule has 3 heteroatoms. The minimum atomic E-state index is -1.85. The van der Waals surface area contributed by atoms with Crippen LogP contribution in [0.2, 0.25) is 16.6 Å². The van der Waals surface area contributed by atoms with E-state index in [1.165, 1.54) is 0 Å². The average molecular weight is 254 g/mol. The molecular formula is C14H26O2Si. The molecule has 1 aromatic rings. The maximum atomic E-state index is 6.38. The Balaban J connectivity index is 3.06. The number of furan rings is 1. The van der Waals surface area contributed by atoms with Crippen LogP contribution in [0.1, 0.15) is 47.1 Å². The summed E-state index contributed by atoms with van der Waals surface area (Å²) in [6.45, 7) is 15.7. The molecule has 0 fully saturated rings. The van der Waals surface area contributed by atoms with Gasteiger partial charge in [-0.15, -0.1) is 0 Å². The molecule has 0 N–H and O–H groups in total. The molecular weight excluding hydrogens is 228 g/mol. The van der Waals surface area contributed by atoms with Gasteiger partial charge in [-0.05, 0) is 29.1 Å². The second-order valence-corrected chi connectivity index (χ2v) is 11.2. The van der Waals surface area contributed by atoms with Gasteiger partial charge >= 0.3 is 0 Å². The van der Waals surface area contributed by atoms with Crippen molar-refractivity contribution in [1.82, 2.24) is 0 Å². The number of hydrogen-bond acceptors (Lipinski definition) is 2. The van der Waals surface area contributed by atoms with Crippen LogP contribution in [0.25, 0.3) is 0 Å². The van der Waals surface area contributed by atoms with E-state index in [1.807, 2.05) is 13.0 Å². The molecule has 0 radical (unpaired) electrons. The van der Waals surface area contributed by atoms with Gasteiger partial charge in [0.1, 0.15) is 0 Å². The van der Waals surface area contributed by atoms with Gasteiger partial charge in [0.05, 0.1) is 6.26 Å². The molecule has 0 aromatic carbocycles. The van der Waals surface area contributed by atoms with Crippen LogP contribution in [0.3, 0.4) is 0 Å². The fourth-order valence-electron chi connectivity index (χ4n) is 2.99. The predicted octanol–water partition coefficient (Wildman–Crippen LogP) is 5.14. The summed E-state index contributed by atoms with van der Waals surface area (Å²) in [5.41, 5.74) is 2.85. The molecule has 2 nitrogen and oxygen atoms in total. The molecule has 0 bridgehead atoms. The van der Waals surface area contributed by atoms with E-state index >= 15 is 0 Å². The summed E-state index contributed by atoms with van der Waals surface area (Å²) in [5.74, 6) is 0.699. The molecule has 0 atom stereocenters. The van der Waals surface area contributed by atoms with Crippen LogP contribution in [0.4, 0.5) is 0 Å². The molecule has 0 aliphatic rings. The van der Waals surface area contributed by atoms with E-state index in [0.717, 1.165) is 5.56 Å². The fraction of sp³-hybridized carbons (Fsp3) is 0.714. The van der Waals surface area contributed by atoms with Crippen LogP contribution in [0.15, 0.2) is 16.7 Å². The molecule has 98 valence electrons. The minimum absolute atomic E-state index is 0.577. The van der Waals surface area contributed by atoms with Crippen molar-refractivity contribution in [2.45, 2.75) is 65.1 Å². The zero-order valence-corrected chi connectivity index (χ0v) is 13.2. The third-order valence-corrected chi connectivity index (χ3v) is 9.66. The monoisotopic (exact) mass is 254 g/mol. The molecule has 1 rings (SSSR count). The molecule has 1 heterocycles. The van der Waals surface area contributed by atoms with Gasteiger partial charge in [-0.2, -0.15) is 0 Å². The smallest absolute Gasteiger partial charge is 0.270 e. The third-order valence-electron chi connectivity index (χ3n) is 3.69. The van der Waals surface area contributed by atoms with Crippen LogP contribution in [0.5, 0.6) is 5.95 Å². The topological polar surface area (TPSA) is 22.4 Å². The first-order valence-corrected chi connectivity index (χ1v) is 8.68. The molecule has 0 unspecified atom stereocenters. The second-order valence-electron chi connectivity index (χ2n) is 5.86. The number of hydrogen-bond donors (Lipinski definition) is 0. The fourth-order valence-corrected chi connectivity index (χ4v) is 8.15. The summed E-state index contributed by atoms with van der Waals surface area (Å²) >= 11 is 0. The average Bonchev–Trinajstić information content (AvgIpc) is 2.58. The lowest BCUT2D eigenvalue weighted by molar-refractivity contribution is 0.358. The highest BCUT2D eigenvalue weighted by molar-refractivity contribution is 6.78. The molecule has 0 saturated heterocycles. The van der Waals surface area contributed by atoms with E-state index in [2.05, 4.69) is 41.5 Å². The SMILES string of the molecule is Cc1coc(O[Si](C(C)C)(C(C)C)C(C)C)c1. The quantitative estimate of drug-likeness (QED) is 0.679. The van der Waals surface area contributed by atoms with E-state index in [9.17, 15) is 0 Å². The van der Waals surface area contributed by atoms with Gasteiger partial charge in [0, 0.05) is 6.07 Å². The summed E-state index contributed by atoms with van der Waals surface area (Å²) in [4.78, 5) is 0. The summed E-state index contributed by atoms with van der Waals surface area (Å²) in [7, 11) is -1.85. The highest BCUT2D eigenvalue weighted by atomic mass is 28.4. The Bertz CT molecular complexity index is 331. The van der Waals surface area contributed by atoms with Gasteiger partial charge in [-0.25, -0.2) is 0 Å². The standard InChI is InChI=1S/C14H26O2Si/c1-10(2)17(11(3)4,12(5)6)16-14-8-13(7)9-15-14/h8-12H,1-7H3. The zero-order valence-electron chi connectivity index (χ0n) is 12.2. The number of rotatable bonds is 5.